The zero-order chi connectivity index (χ0) is 9.14. The number of aryl methyl sites for hydroxylation is 1. The molecule has 0 aliphatic carbocycles. The van der Waals surface area contributed by atoms with Crippen LogP contribution in [0.25, 0.3) is 0 Å². The lowest BCUT2D eigenvalue weighted by atomic mass is 10.0. The number of hydrogen-bond donors (Lipinski definition) is 0. The molecule has 0 radical (unpaired) electrons. The Kier molecular flexibility index (Phi) is 3.10. The Balaban J connectivity index is 2.96. The molecule has 1 rings (SSSR count). The predicted octanol–water partition coefficient (Wildman–Crippen LogP) is 3.48. The van der Waals surface area contributed by atoms with Gasteiger partial charge in [-0.25, -0.2) is 4.39 Å². The number of rotatable bonds is 2. The van der Waals surface area contributed by atoms with E-state index in [1.807, 2.05) is 13.0 Å². The van der Waals surface area contributed by atoms with Crippen LogP contribution in [0.4, 0.5) is 4.39 Å². The van der Waals surface area contributed by atoms with E-state index in [2.05, 4.69) is 0 Å². The molecule has 66 valence electrons. The van der Waals surface area contributed by atoms with Gasteiger partial charge in [0, 0.05) is 5.88 Å². The summed E-state index contributed by atoms with van der Waals surface area (Å²) in [5.41, 5.74) is 1.79. The molecular weight excluding hydrogens is 175 g/mol. The molecule has 1 aromatic rings. The van der Waals surface area contributed by atoms with Gasteiger partial charge in [-0.1, -0.05) is 19.1 Å². The maximum Gasteiger partial charge on any atom is 0.126 e. The van der Waals surface area contributed by atoms with Crippen molar-refractivity contribution in [3.8, 4) is 0 Å². The molecule has 1 aromatic carbocycles. The van der Waals surface area contributed by atoms with Crippen molar-refractivity contribution >= 4 is 11.6 Å². The molecule has 0 aliphatic heterocycles. The summed E-state index contributed by atoms with van der Waals surface area (Å²) in [4.78, 5) is 0. The highest BCUT2D eigenvalue weighted by Crippen LogP contribution is 2.19. The fourth-order valence-electron chi connectivity index (χ4n) is 1.06. The Bertz CT molecular complexity index is 271. The molecule has 0 aromatic heterocycles. The fraction of sp³-hybridized carbons (Fsp3) is 0.400. The maximum atomic E-state index is 12.8. The van der Waals surface area contributed by atoms with Crippen LogP contribution in [0.2, 0.25) is 0 Å². The molecule has 2 heteroatoms. The van der Waals surface area contributed by atoms with Gasteiger partial charge in [0.25, 0.3) is 0 Å². The quantitative estimate of drug-likeness (QED) is 0.621. The van der Waals surface area contributed by atoms with E-state index >= 15 is 0 Å². The van der Waals surface area contributed by atoms with Gasteiger partial charge in [-0.3, -0.25) is 0 Å². The third-order valence-corrected chi connectivity index (χ3v) is 2.45. The molecular formula is C10H12ClF. The second-order valence-corrected chi connectivity index (χ2v) is 3.37. The van der Waals surface area contributed by atoms with Crippen LogP contribution < -0.4 is 0 Å². The van der Waals surface area contributed by atoms with Crippen LogP contribution >= 0.6 is 11.6 Å². The Labute approximate surface area is 77.4 Å². The summed E-state index contributed by atoms with van der Waals surface area (Å²) in [5, 5.41) is 0. The zero-order valence-electron chi connectivity index (χ0n) is 7.27. The summed E-state index contributed by atoms with van der Waals surface area (Å²) < 4.78 is 12.8. The molecule has 0 saturated carbocycles. The third kappa shape index (κ3) is 1.98. The number of benzene rings is 1. The van der Waals surface area contributed by atoms with Crippen molar-refractivity contribution in [2.75, 3.05) is 5.88 Å². The first-order valence-electron chi connectivity index (χ1n) is 3.97. The van der Waals surface area contributed by atoms with Gasteiger partial charge in [0.15, 0.2) is 0 Å². The monoisotopic (exact) mass is 186 g/mol. The Morgan fingerprint density at radius 1 is 1.50 bits per heavy atom. The fourth-order valence-corrected chi connectivity index (χ4v) is 1.24. The Morgan fingerprint density at radius 2 is 2.17 bits per heavy atom. The van der Waals surface area contributed by atoms with Gasteiger partial charge in [0.05, 0.1) is 0 Å². The lowest BCUT2D eigenvalue weighted by Gasteiger charge is -2.08. The highest BCUT2D eigenvalue weighted by molar-refractivity contribution is 6.18. The zero-order valence-corrected chi connectivity index (χ0v) is 8.03. The summed E-state index contributed by atoms with van der Waals surface area (Å²) in [7, 11) is 0. The molecule has 0 N–H and O–H groups in total. The molecule has 0 spiro atoms. The minimum Gasteiger partial charge on any atom is -0.207 e. The molecule has 12 heavy (non-hydrogen) atoms. The maximum absolute atomic E-state index is 12.8. The second kappa shape index (κ2) is 3.90. The Morgan fingerprint density at radius 3 is 2.67 bits per heavy atom. The SMILES string of the molecule is Cc1cc(C(C)CCl)ccc1F. The molecule has 0 heterocycles. The topological polar surface area (TPSA) is 0 Å². The largest absolute Gasteiger partial charge is 0.207 e. The van der Waals surface area contributed by atoms with Gasteiger partial charge < -0.3 is 0 Å². The first-order valence-corrected chi connectivity index (χ1v) is 4.50. The van der Waals surface area contributed by atoms with E-state index in [1.165, 1.54) is 6.07 Å². The van der Waals surface area contributed by atoms with E-state index in [4.69, 9.17) is 11.6 Å². The van der Waals surface area contributed by atoms with Crippen LogP contribution in [0.1, 0.15) is 24.0 Å². The lowest BCUT2D eigenvalue weighted by molar-refractivity contribution is 0.617. The minimum atomic E-state index is -0.152. The van der Waals surface area contributed by atoms with Crippen LogP contribution in [-0.2, 0) is 0 Å². The molecule has 0 aliphatic rings. The van der Waals surface area contributed by atoms with Crippen molar-refractivity contribution in [1.82, 2.24) is 0 Å². The van der Waals surface area contributed by atoms with E-state index in [0.717, 1.165) is 5.56 Å². The van der Waals surface area contributed by atoms with Crippen LogP contribution in [0.3, 0.4) is 0 Å². The van der Waals surface area contributed by atoms with Crippen LogP contribution in [0.15, 0.2) is 18.2 Å². The van der Waals surface area contributed by atoms with Crippen LogP contribution in [0.5, 0.6) is 0 Å². The number of hydrogen-bond acceptors (Lipinski definition) is 0. The lowest BCUT2D eigenvalue weighted by Crippen LogP contribution is -1.95. The molecule has 1 unspecified atom stereocenters. The van der Waals surface area contributed by atoms with Gasteiger partial charge in [-0.15, -0.1) is 11.6 Å². The van der Waals surface area contributed by atoms with Crippen molar-refractivity contribution in [3.63, 3.8) is 0 Å². The predicted molar refractivity (Wildman–Crippen MR) is 50.3 cm³/mol. The normalized spacial score (nSPS) is 13.0. The van der Waals surface area contributed by atoms with Gasteiger partial charge in [-0.2, -0.15) is 0 Å². The third-order valence-electron chi connectivity index (χ3n) is 1.98. The Hall–Kier alpha value is -0.560. The number of alkyl halides is 1. The van der Waals surface area contributed by atoms with Crippen molar-refractivity contribution in [2.45, 2.75) is 19.8 Å². The molecule has 1 atom stereocenters. The van der Waals surface area contributed by atoms with Crippen LogP contribution in [-0.4, -0.2) is 5.88 Å². The summed E-state index contributed by atoms with van der Waals surface area (Å²) in [5.74, 6) is 0.719. The summed E-state index contributed by atoms with van der Waals surface area (Å²) in [6.07, 6.45) is 0. The van der Waals surface area contributed by atoms with Crippen molar-refractivity contribution < 1.29 is 4.39 Å². The van der Waals surface area contributed by atoms with Gasteiger partial charge in [0.2, 0.25) is 0 Å². The highest BCUT2D eigenvalue weighted by atomic mass is 35.5. The van der Waals surface area contributed by atoms with Crippen molar-refractivity contribution in [3.05, 3.63) is 35.1 Å². The summed E-state index contributed by atoms with van der Waals surface area (Å²) in [6, 6.07) is 5.13. The van der Waals surface area contributed by atoms with Crippen LogP contribution in [0, 0.1) is 12.7 Å². The van der Waals surface area contributed by atoms with E-state index in [1.54, 1.807) is 13.0 Å². The van der Waals surface area contributed by atoms with Crippen molar-refractivity contribution in [2.24, 2.45) is 0 Å². The molecule has 0 nitrogen and oxygen atoms in total. The average Bonchev–Trinajstić information content (AvgIpc) is 2.08. The second-order valence-electron chi connectivity index (χ2n) is 3.06. The van der Waals surface area contributed by atoms with Gasteiger partial charge in [0.1, 0.15) is 5.82 Å². The average molecular weight is 187 g/mol. The van der Waals surface area contributed by atoms with Crippen molar-refractivity contribution in [1.29, 1.82) is 0 Å². The molecule has 0 amide bonds. The summed E-state index contributed by atoms with van der Waals surface area (Å²) >= 11 is 5.68. The molecule has 0 saturated heterocycles. The number of halogens is 2. The van der Waals surface area contributed by atoms with E-state index in [-0.39, 0.29) is 5.82 Å². The molecule has 0 fully saturated rings. The van der Waals surface area contributed by atoms with E-state index in [9.17, 15) is 4.39 Å². The first-order chi connectivity index (χ1) is 5.65. The van der Waals surface area contributed by atoms with Gasteiger partial charge >= 0.3 is 0 Å². The van der Waals surface area contributed by atoms with Gasteiger partial charge in [-0.05, 0) is 30.0 Å². The standard InChI is InChI=1S/C10H12ClF/c1-7-5-9(8(2)6-11)3-4-10(7)12/h3-5,8H,6H2,1-2H3. The van der Waals surface area contributed by atoms with E-state index in [0.29, 0.717) is 17.4 Å². The minimum absolute atomic E-state index is 0.152. The summed E-state index contributed by atoms with van der Waals surface area (Å²) in [6.45, 7) is 3.79. The highest BCUT2D eigenvalue weighted by Gasteiger charge is 2.05. The first kappa shape index (κ1) is 9.53. The van der Waals surface area contributed by atoms with E-state index < -0.39 is 0 Å². The smallest absolute Gasteiger partial charge is 0.126 e. The molecule has 0 bridgehead atoms.